The topological polar surface area (TPSA) is 61.0 Å². The summed E-state index contributed by atoms with van der Waals surface area (Å²) >= 11 is 0. The molecule has 1 rings (SSSR count). The van der Waals surface area contributed by atoms with E-state index in [1.54, 1.807) is 13.8 Å². The van der Waals surface area contributed by atoms with Crippen LogP contribution in [0.2, 0.25) is 0 Å². The van der Waals surface area contributed by atoms with Crippen molar-refractivity contribution in [2.75, 3.05) is 13.2 Å². The fraction of sp³-hybridized carbons (Fsp3) is 0.692. The van der Waals surface area contributed by atoms with Crippen LogP contribution < -0.4 is 5.73 Å². The van der Waals surface area contributed by atoms with Gasteiger partial charge in [0, 0.05) is 11.4 Å². The molecule has 21 heavy (non-hydrogen) atoms. The van der Waals surface area contributed by atoms with Crippen LogP contribution in [0.3, 0.4) is 0 Å². The van der Waals surface area contributed by atoms with Crippen molar-refractivity contribution in [2.24, 2.45) is 5.73 Å². The molecule has 0 aliphatic rings. The van der Waals surface area contributed by atoms with Crippen LogP contribution in [-0.2, 0) is 17.8 Å². The summed E-state index contributed by atoms with van der Waals surface area (Å²) in [6.07, 6.45) is -2.22. The van der Waals surface area contributed by atoms with Crippen molar-refractivity contribution in [3.63, 3.8) is 0 Å². The molecule has 0 radical (unpaired) electrons. The van der Waals surface area contributed by atoms with Crippen LogP contribution in [0.5, 0.6) is 0 Å². The molecular weight excluding hydrogens is 290 g/mol. The van der Waals surface area contributed by atoms with E-state index in [-0.39, 0.29) is 12.4 Å². The van der Waals surface area contributed by atoms with Crippen LogP contribution in [0.4, 0.5) is 17.6 Å². The molecule has 0 aliphatic heterocycles. The second-order valence-electron chi connectivity index (χ2n) is 4.74. The van der Waals surface area contributed by atoms with Crippen molar-refractivity contribution < 1.29 is 22.3 Å². The van der Waals surface area contributed by atoms with E-state index in [0.717, 1.165) is 29.8 Å². The maximum Gasteiger partial charge on any atom is 0.330 e. The van der Waals surface area contributed by atoms with Gasteiger partial charge in [0.05, 0.1) is 0 Å². The molecule has 0 amide bonds. The number of halogens is 4. The van der Waals surface area contributed by atoms with Crippen LogP contribution in [0.1, 0.15) is 29.2 Å². The summed E-state index contributed by atoms with van der Waals surface area (Å²) in [5, 5.41) is 0. The number of hydrogen-bond donors (Lipinski definition) is 1. The Kier molecular flexibility index (Phi) is 6.47. The zero-order chi connectivity index (χ0) is 16.0. The number of alkyl halides is 4. The summed E-state index contributed by atoms with van der Waals surface area (Å²) in [7, 11) is 0. The Hall–Kier alpha value is -1.28. The summed E-state index contributed by atoms with van der Waals surface area (Å²) in [5.74, 6) is -3.96. The van der Waals surface area contributed by atoms with Crippen LogP contribution >= 0.6 is 0 Å². The van der Waals surface area contributed by atoms with Crippen molar-refractivity contribution >= 4 is 0 Å². The number of nitrogens with two attached hydrogens (primary N) is 1. The maximum atomic E-state index is 12.7. The van der Waals surface area contributed by atoms with Gasteiger partial charge >= 0.3 is 12.3 Å². The fourth-order valence-corrected chi connectivity index (χ4v) is 1.86. The average Bonchev–Trinajstić information content (AvgIpc) is 2.37. The van der Waals surface area contributed by atoms with Crippen molar-refractivity contribution in [1.29, 1.82) is 0 Å². The molecule has 0 aliphatic carbocycles. The van der Waals surface area contributed by atoms with E-state index < -0.39 is 19.0 Å². The van der Waals surface area contributed by atoms with E-state index in [0.29, 0.717) is 6.54 Å². The summed E-state index contributed by atoms with van der Waals surface area (Å²) in [6, 6.07) is 0. The molecule has 1 heterocycles. The molecule has 0 fully saturated rings. The average molecular weight is 309 g/mol. The first kappa shape index (κ1) is 17.8. The predicted octanol–water partition coefficient (Wildman–Crippen LogP) is 2.40. The molecule has 120 valence electrons. The third kappa shape index (κ3) is 5.20. The SMILES string of the molecule is Cc1nc(COCC(F)(F)C(F)F)nc(C)c1CCCN. The number of aryl methyl sites for hydroxylation is 2. The molecule has 0 spiro atoms. The minimum atomic E-state index is -4.16. The maximum absolute atomic E-state index is 12.7. The first-order chi connectivity index (χ1) is 9.77. The molecule has 0 saturated carbocycles. The zero-order valence-corrected chi connectivity index (χ0v) is 12.0. The zero-order valence-electron chi connectivity index (χ0n) is 12.0. The van der Waals surface area contributed by atoms with Gasteiger partial charge in [0.2, 0.25) is 0 Å². The van der Waals surface area contributed by atoms with Crippen molar-refractivity contribution in [3.05, 3.63) is 22.8 Å². The lowest BCUT2D eigenvalue weighted by Gasteiger charge is -2.15. The minimum Gasteiger partial charge on any atom is -0.367 e. The van der Waals surface area contributed by atoms with Crippen molar-refractivity contribution in [1.82, 2.24) is 9.97 Å². The first-order valence-corrected chi connectivity index (χ1v) is 6.54. The van der Waals surface area contributed by atoms with Crippen LogP contribution in [0.15, 0.2) is 0 Å². The van der Waals surface area contributed by atoms with Crippen molar-refractivity contribution in [2.45, 2.75) is 45.6 Å². The van der Waals surface area contributed by atoms with Gasteiger partial charge in [0.25, 0.3) is 0 Å². The molecule has 1 aromatic heterocycles. The van der Waals surface area contributed by atoms with Crippen LogP contribution in [0, 0.1) is 13.8 Å². The smallest absolute Gasteiger partial charge is 0.330 e. The Balaban J connectivity index is 2.65. The third-order valence-electron chi connectivity index (χ3n) is 2.94. The van der Waals surface area contributed by atoms with Gasteiger partial charge in [-0.1, -0.05) is 0 Å². The van der Waals surface area contributed by atoms with Gasteiger partial charge in [0.1, 0.15) is 13.2 Å². The highest BCUT2D eigenvalue weighted by Crippen LogP contribution is 2.23. The molecule has 4 nitrogen and oxygen atoms in total. The van der Waals surface area contributed by atoms with E-state index in [4.69, 9.17) is 5.73 Å². The van der Waals surface area contributed by atoms with E-state index in [2.05, 4.69) is 14.7 Å². The number of rotatable bonds is 8. The molecule has 2 N–H and O–H groups in total. The lowest BCUT2D eigenvalue weighted by atomic mass is 10.1. The number of nitrogens with zero attached hydrogens (tertiary/aromatic N) is 2. The molecule has 1 aromatic rings. The molecule has 0 saturated heterocycles. The highest BCUT2D eigenvalue weighted by atomic mass is 19.3. The quantitative estimate of drug-likeness (QED) is 0.749. The van der Waals surface area contributed by atoms with Crippen molar-refractivity contribution in [3.8, 4) is 0 Å². The summed E-state index contributed by atoms with van der Waals surface area (Å²) in [4.78, 5) is 8.28. The first-order valence-electron chi connectivity index (χ1n) is 6.54. The van der Waals surface area contributed by atoms with E-state index >= 15 is 0 Å². The Bertz CT molecular complexity index is 446. The van der Waals surface area contributed by atoms with Gasteiger partial charge in [-0.2, -0.15) is 8.78 Å². The van der Waals surface area contributed by atoms with Crippen LogP contribution in [0.25, 0.3) is 0 Å². The van der Waals surface area contributed by atoms with Gasteiger partial charge in [0.15, 0.2) is 5.82 Å². The van der Waals surface area contributed by atoms with Gasteiger partial charge < -0.3 is 10.5 Å². The Morgan fingerprint density at radius 1 is 1.19 bits per heavy atom. The van der Waals surface area contributed by atoms with E-state index in [1.165, 1.54) is 0 Å². The third-order valence-corrected chi connectivity index (χ3v) is 2.94. The Morgan fingerprint density at radius 2 is 1.76 bits per heavy atom. The van der Waals surface area contributed by atoms with Gasteiger partial charge in [-0.25, -0.2) is 18.7 Å². The molecule has 0 aromatic carbocycles. The van der Waals surface area contributed by atoms with E-state index in [1.807, 2.05) is 0 Å². The standard InChI is InChI=1S/C13H19F4N3O/c1-8-10(4-3-5-18)9(2)20-11(19-8)6-21-7-13(16,17)12(14)15/h12H,3-7,18H2,1-2H3. The van der Waals surface area contributed by atoms with Gasteiger partial charge in [-0.3, -0.25) is 0 Å². The van der Waals surface area contributed by atoms with Crippen LogP contribution in [-0.4, -0.2) is 35.5 Å². The summed E-state index contributed by atoms with van der Waals surface area (Å²) in [6.45, 7) is 2.41. The predicted molar refractivity (Wildman–Crippen MR) is 69.5 cm³/mol. The lowest BCUT2D eigenvalue weighted by Crippen LogP contribution is -2.32. The summed E-state index contributed by atoms with van der Waals surface area (Å²) in [5.41, 5.74) is 7.84. The largest absolute Gasteiger partial charge is 0.367 e. The second kappa shape index (κ2) is 7.65. The Morgan fingerprint density at radius 3 is 2.24 bits per heavy atom. The highest BCUT2D eigenvalue weighted by molar-refractivity contribution is 5.24. The minimum absolute atomic E-state index is 0.201. The summed E-state index contributed by atoms with van der Waals surface area (Å²) < 4.78 is 53.9. The number of aromatic nitrogens is 2. The van der Waals surface area contributed by atoms with Gasteiger partial charge in [-0.15, -0.1) is 0 Å². The molecule has 0 unspecified atom stereocenters. The Labute approximate surface area is 120 Å². The molecule has 0 bridgehead atoms. The normalized spacial score (nSPS) is 12.2. The molecular formula is C13H19F4N3O. The second-order valence-corrected chi connectivity index (χ2v) is 4.74. The van der Waals surface area contributed by atoms with E-state index in [9.17, 15) is 17.6 Å². The fourth-order valence-electron chi connectivity index (χ4n) is 1.86. The molecule has 0 atom stereocenters. The number of ether oxygens (including phenoxy) is 1. The monoisotopic (exact) mass is 309 g/mol. The highest BCUT2D eigenvalue weighted by Gasteiger charge is 2.41. The lowest BCUT2D eigenvalue weighted by molar-refractivity contribution is -0.168. The molecule has 8 heteroatoms. The number of hydrogen-bond acceptors (Lipinski definition) is 4. The van der Waals surface area contributed by atoms with Gasteiger partial charge in [-0.05, 0) is 38.8 Å².